The van der Waals surface area contributed by atoms with Crippen LogP contribution >= 0.6 is 0 Å². The number of aryl methyl sites for hydroxylation is 1. The van der Waals surface area contributed by atoms with Gasteiger partial charge in [-0.25, -0.2) is 0 Å². The maximum Gasteiger partial charge on any atom is 0.435 e. The van der Waals surface area contributed by atoms with Gasteiger partial charge in [0.05, 0.1) is 12.1 Å². The Morgan fingerprint density at radius 1 is 1.24 bits per heavy atom. The van der Waals surface area contributed by atoms with Gasteiger partial charge >= 0.3 is 6.18 Å². The molecule has 1 heterocycles. The first-order valence-corrected chi connectivity index (χ1v) is 6.88. The average molecular weight is 295 g/mol. The van der Waals surface area contributed by atoms with Crippen molar-refractivity contribution in [3.63, 3.8) is 0 Å². The van der Waals surface area contributed by atoms with Gasteiger partial charge in [-0.15, -0.1) is 0 Å². The third kappa shape index (κ3) is 2.55. The normalized spacial score (nSPS) is 22.1. The number of hydrogen-bond acceptors (Lipinski definition) is 2. The van der Waals surface area contributed by atoms with Gasteiger partial charge in [0.2, 0.25) is 0 Å². The Morgan fingerprint density at radius 2 is 2.00 bits per heavy atom. The Morgan fingerprint density at radius 3 is 2.67 bits per heavy atom. The van der Waals surface area contributed by atoms with E-state index in [1.54, 1.807) is 0 Å². The summed E-state index contributed by atoms with van der Waals surface area (Å²) in [6, 6.07) is 8.93. The van der Waals surface area contributed by atoms with E-state index in [1.165, 1.54) is 16.4 Å². The molecule has 2 unspecified atom stereocenters. The summed E-state index contributed by atoms with van der Waals surface area (Å²) in [5.41, 5.74) is 1.55. The minimum atomic E-state index is -4.40. The summed E-state index contributed by atoms with van der Waals surface area (Å²) in [5.74, 6) is 0. The van der Waals surface area contributed by atoms with Gasteiger partial charge in [-0.1, -0.05) is 24.3 Å². The fourth-order valence-corrected chi connectivity index (χ4v) is 3.05. The van der Waals surface area contributed by atoms with Gasteiger partial charge in [0.25, 0.3) is 0 Å². The van der Waals surface area contributed by atoms with Gasteiger partial charge < -0.3 is 5.32 Å². The summed E-state index contributed by atoms with van der Waals surface area (Å²) in [7, 11) is 1.83. The summed E-state index contributed by atoms with van der Waals surface area (Å²) >= 11 is 0. The molecule has 1 N–H and O–H groups in total. The first-order chi connectivity index (χ1) is 10.0. The van der Waals surface area contributed by atoms with Gasteiger partial charge in [-0.3, -0.25) is 4.68 Å². The Labute approximate surface area is 120 Å². The smallest absolute Gasteiger partial charge is 0.311 e. The summed E-state index contributed by atoms with van der Waals surface area (Å²) in [4.78, 5) is 0. The van der Waals surface area contributed by atoms with Crippen LogP contribution in [-0.4, -0.2) is 16.8 Å². The largest absolute Gasteiger partial charge is 0.435 e. The lowest BCUT2D eigenvalue weighted by Crippen LogP contribution is -2.32. The van der Waals surface area contributed by atoms with E-state index < -0.39 is 11.9 Å². The molecule has 0 bridgehead atoms. The summed E-state index contributed by atoms with van der Waals surface area (Å²) in [5, 5.41) is 6.94. The second kappa shape index (κ2) is 5.18. The predicted octanol–water partition coefficient (Wildman–Crippen LogP) is 3.35. The first kappa shape index (κ1) is 14.1. The molecule has 3 nitrogen and oxygen atoms in total. The second-order valence-electron chi connectivity index (χ2n) is 5.25. The van der Waals surface area contributed by atoms with Crippen molar-refractivity contribution in [1.82, 2.24) is 15.1 Å². The molecule has 0 fully saturated rings. The van der Waals surface area contributed by atoms with Crippen molar-refractivity contribution in [2.75, 3.05) is 7.05 Å². The maximum atomic E-state index is 12.7. The van der Waals surface area contributed by atoms with Crippen LogP contribution in [0.3, 0.4) is 0 Å². The van der Waals surface area contributed by atoms with Gasteiger partial charge in [0, 0.05) is 6.20 Å². The number of hydrogen-bond donors (Lipinski definition) is 1. The zero-order valence-electron chi connectivity index (χ0n) is 11.6. The lowest BCUT2D eigenvalue weighted by atomic mass is 9.84. The van der Waals surface area contributed by atoms with E-state index in [0.717, 1.165) is 24.5 Å². The van der Waals surface area contributed by atoms with Gasteiger partial charge in [0.1, 0.15) is 0 Å². The van der Waals surface area contributed by atoms with E-state index in [2.05, 4.69) is 16.5 Å². The molecule has 1 aliphatic rings. The first-order valence-electron chi connectivity index (χ1n) is 6.88. The molecule has 0 aliphatic heterocycles. The topological polar surface area (TPSA) is 29.9 Å². The third-order valence-corrected chi connectivity index (χ3v) is 4.03. The molecule has 0 saturated heterocycles. The standard InChI is InChI=1S/C15H16F3N3/c1-19-14-11-5-3-2-4-10(11)6-7-12(14)21-9-8-13(20-21)15(16,17)18/h2-5,8-9,12,14,19H,6-7H2,1H3. The number of likely N-dealkylation sites (N-methyl/N-ethyl adjacent to an activating group) is 1. The number of fused-ring (bicyclic) bond motifs is 1. The van der Waals surface area contributed by atoms with Crippen LogP contribution in [-0.2, 0) is 12.6 Å². The molecule has 0 radical (unpaired) electrons. The highest BCUT2D eigenvalue weighted by molar-refractivity contribution is 5.33. The quantitative estimate of drug-likeness (QED) is 0.921. The predicted molar refractivity (Wildman–Crippen MR) is 72.8 cm³/mol. The van der Waals surface area contributed by atoms with Crippen LogP contribution in [0.4, 0.5) is 13.2 Å². The highest BCUT2D eigenvalue weighted by Crippen LogP contribution is 2.38. The summed E-state index contributed by atoms with van der Waals surface area (Å²) in [6.45, 7) is 0. The minimum Gasteiger partial charge on any atom is -0.311 e. The number of rotatable bonds is 2. The van der Waals surface area contributed by atoms with E-state index in [1.807, 2.05) is 25.2 Å². The minimum absolute atomic E-state index is 0.0315. The van der Waals surface area contributed by atoms with E-state index in [-0.39, 0.29) is 12.1 Å². The van der Waals surface area contributed by atoms with Crippen molar-refractivity contribution >= 4 is 0 Å². The Balaban J connectivity index is 1.94. The number of nitrogens with one attached hydrogen (secondary N) is 1. The molecule has 0 saturated carbocycles. The van der Waals surface area contributed by atoms with Crippen LogP contribution in [0.1, 0.15) is 35.3 Å². The molecule has 0 spiro atoms. The molecule has 1 aromatic heterocycles. The highest BCUT2D eigenvalue weighted by Gasteiger charge is 2.36. The fourth-order valence-electron chi connectivity index (χ4n) is 3.05. The zero-order chi connectivity index (χ0) is 15.0. The number of halogens is 3. The van der Waals surface area contributed by atoms with Gasteiger partial charge in [-0.2, -0.15) is 18.3 Å². The number of alkyl halides is 3. The van der Waals surface area contributed by atoms with E-state index in [0.29, 0.717) is 0 Å². The van der Waals surface area contributed by atoms with Gasteiger partial charge in [-0.05, 0) is 37.1 Å². The van der Waals surface area contributed by atoms with Crippen molar-refractivity contribution in [2.24, 2.45) is 0 Å². The maximum absolute atomic E-state index is 12.7. The number of aromatic nitrogens is 2. The van der Waals surface area contributed by atoms with Crippen LogP contribution in [0.25, 0.3) is 0 Å². The van der Waals surface area contributed by atoms with Crippen LogP contribution in [0.15, 0.2) is 36.5 Å². The molecule has 21 heavy (non-hydrogen) atoms. The van der Waals surface area contributed by atoms with E-state index in [4.69, 9.17) is 0 Å². The fraction of sp³-hybridized carbons (Fsp3) is 0.400. The molecular weight excluding hydrogens is 279 g/mol. The van der Waals surface area contributed by atoms with E-state index in [9.17, 15) is 13.2 Å². The molecule has 0 amide bonds. The molecule has 112 valence electrons. The van der Waals surface area contributed by atoms with Crippen LogP contribution in [0.2, 0.25) is 0 Å². The van der Waals surface area contributed by atoms with Crippen LogP contribution in [0.5, 0.6) is 0 Å². The lowest BCUT2D eigenvalue weighted by molar-refractivity contribution is -0.141. The second-order valence-corrected chi connectivity index (χ2v) is 5.25. The number of nitrogens with zero attached hydrogens (tertiary/aromatic N) is 2. The summed E-state index contributed by atoms with van der Waals surface area (Å²) in [6.07, 6.45) is -1.36. The highest BCUT2D eigenvalue weighted by atomic mass is 19.4. The van der Waals surface area contributed by atoms with Crippen molar-refractivity contribution < 1.29 is 13.2 Å². The molecule has 2 aromatic rings. The molecule has 1 aliphatic carbocycles. The van der Waals surface area contributed by atoms with Crippen molar-refractivity contribution in [3.05, 3.63) is 53.3 Å². The lowest BCUT2D eigenvalue weighted by Gasteiger charge is -2.33. The van der Waals surface area contributed by atoms with Crippen molar-refractivity contribution in [2.45, 2.75) is 31.1 Å². The molecule has 6 heteroatoms. The van der Waals surface area contributed by atoms with Crippen molar-refractivity contribution in [1.29, 1.82) is 0 Å². The van der Waals surface area contributed by atoms with E-state index >= 15 is 0 Å². The Bertz CT molecular complexity index is 633. The van der Waals surface area contributed by atoms with Crippen molar-refractivity contribution in [3.8, 4) is 0 Å². The molecule has 3 rings (SSSR count). The summed E-state index contributed by atoms with van der Waals surface area (Å²) < 4.78 is 39.5. The average Bonchev–Trinajstić information content (AvgIpc) is 2.95. The SMILES string of the molecule is CNC1c2ccccc2CCC1n1ccc(C(F)(F)F)n1. The molecular formula is C15H16F3N3. The zero-order valence-corrected chi connectivity index (χ0v) is 11.6. The van der Waals surface area contributed by atoms with Crippen LogP contribution < -0.4 is 5.32 Å². The Kier molecular flexibility index (Phi) is 3.49. The van der Waals surface area contributed by atoms with Crippen LogP contribution in [0, 0.1) is 0 Å². The third-order valence-electron chi connectivity index (χ3n) is 4.03. The monoisotopic (exact) mass is 295 g/mol. The van der Waals surface area contributed by atoms with Gasteiger partial charge in [0.15, 0.2) is 5.69 Å². The Hall–Kier alpha value is -1.82. The molecule has 1 aromatic carbocycles. The molecule has 2 atom stereocenters. The number of benzene rings is 1.